The van der Waals surface area contributed by atoms with Gasteiger partial charge in [0.1, 0.15) is 0 Å². The molecule has 1 aromatic heterocycles. The van der Waals surface area contributed by atoms with Crippen molar-refractivity contribution in [3.63, 3.8) is 0 Å². The maximum absolute atomic E-state index is 11.7. The zero-order chi connectivity index (χ0) is 13.5. The Morgan fingerprint density at radius 3 is 2.68 bits per heavy atom. The van der Waals surface area contributed by atoms with Gasteiger partial charge in [-0.05, 0) is 42.5 Å². The lowest BCUT2D eigenvalue weighted by Crippen LogP contribution is -2.14. The van der Waals surface area contributed by atoms with Crippen LogP contribution in [0.3, 0.4) is 0 Å². The zero-order valence-electron chi connectivity index (χ0n) is 10.7. The highest BCUT2D eigenvalue weighted by atomic mass is 32.2. The highest BCUT2D eigenvalue weighted by Crippen LogP contribution is 2.43. The standard InChI is InChI=1S/C14H16N2O2S/c1-19(17,18)13-5-2-4-12(10-13)14(11-6-7-11)16-9-3-8-15-16/h2-5,8-11,14H,6-7H2,1H3. The molecule has 0 saturated heterocycles. The van der Waals surface area contributed by atoms with Gasteiger partial charge < -0.3 is 0 Å². The van der Waals surface area contributed by atoms with E-state index in [0.29, 0.717) is 10.8 Å². The summed E-state index contributed by atoms with van der Waals surface area (Å²) >= 11 is 0. The van der Waals surface area contributed by atoms with Gasteiger partial charge in [0.25, 0.3) is 0 Å². The molecule has 0 amide bonds. The Bertz CT molecular complexity index is 673. The van der Waals surface area contributed by atoms with Crippen molar-refractivity contribution >= 4 is 9.84 Å². The van der Waals surface area contributed by atoms with Crippen molar-refractivity contribution in [2.24, 2.45) is 5.92 Å². The normalized spacial score (nSPS) is 17.3. The number of benzene rings is 1. The summed E-state index contributed by atoms with van der Waals surface area (Å²) in [6.45, 7) is 0. The van der Waals surface area contributed by atoms with E-state index < -0.39 is 9.84 Å². The van der Waals surface area contributed by atoms with Crippen molar-refractivity contribution in [2.45, 2.75) is 23.8 Å². The Hall–Kier alpha value is -1.62. The van der Waals surface area contributed by atoms with Crippen LogP contribution in [0.25, 0.3) is 0 Å². The molecule has 0 aliphatic heterocycles. The smallest absolute Gasteiger partial charge is 0.175 e. The molecule has 1 heterocycles. The molecule has 3 rings (SSSR count). The van der Waals surface area contributed by atoms with E-state index in [4.69, 9.17) is 0 Å². The minimum Gasteiger partial charge on any atom is -0.265 e. The second-order valence-electron chi connectivity index (χ2n) is 5.11. The number of hydrogen-bond acceptors (Lipinski definition) is 3. The number of nitrogens with zero attached hydrogens (tertiary/aromatic N) is 2. The van der Waals surface area contributed by atoms with Crippen LogP contribution in [0.5, 0.6) is 0 Å². The summed E-state index contributed by atoms with van der Waals surface area (Å²) in [7, 11) is -3.16. The molecule has 19 heavy (non-hydrogen) atoms. The van der Waals surface area contributed by atoms with E-state index >= 15 is 0 Å². The first-order chi connectivity index (χ1) is 9.05. The van der Waals surface area contributed by atoms with Crippen LogP contribution in [0.4, 0.5) is 0 Å². The van der Waals surface area contributed by atoms with Gasteiger partial charge >= 0.3 is 0 Å². The van der Waals surface area contributed by atoms with E-state index in [9.17, 15) is 8.42 Å². The molecule has 0 N–H and O–H groups in total. The maximum atomic E-state index is 11.7. The van der Waals surface area contributed by atoms with Crippen LogP contribution in [0, 0.1) is 5.92 Å². The van der Waals surface area contributed by atoms with Gasteiger partial charge in [0.2, 0.25) is 0 Å². The van der Waals surface area contributed by atoms with Crippen molar-refractivity contribution in [3.8, 4) is 0 Å². The minimum absolute atomic E-state index is 0.150. The van der Waals surface area contributed by atoms with Crippen LogP contribution in [-0.4, -0.2) is 24.5 Å². The lowest BCUT2D eigenvalue weighted by molar-refractivity contribution is 0.470. The van der Waals surface area contributed by atoms with Crippen molar-refractivity contribution in [2.75, 3.05) is 6.26 Å². The van der Waals surface area contributed by atoms with Crippen molar-refractivity contribution in [1.29, 1.82) is 0 Å². The third kappa shape index (κ3) is 2.56. The third-order valence-electron chi connectivity index (χ3n) is 3.51. The van der Waals surface area contributed by atoms with Crippen LogP contribution < -0.4 is 0 Å². The molecule has 1 unspecified atom stereocenters. The maximum Gasteiger partial charge on any atom is 0.175 e. The first kappa shape index (κ1) is 12.4. The van der Waals surface area contributed by atoms with E-state index in [1.807, 2.05) is 29.1 Å². The van der Waals surface area contributed by atoms with Crippen LogP contribution in [-0.2, 0) is 9.84 Å². The van der Waals surface area contributed by atoms with Crippen LogP contribution in [0.15, 0.2) is 47.6 Å². The second-order valence-corrected chi connectivity index (χ2v) is 7.13. The van der Waals surface area contributed by atoms with Gasteiger partial charge in [-0.1, -0.05) is 12.1 Å². The largest absolute Gasteiger partial charge is 0.265 e. The van der Waals surface area contributed by atoms with Gasteiger partial charge in [-0.25, -0.2) is 8.42 Å². The number of sulfone groups is 1. The highest BCUT2D eigenvalue weighted by molar-refractivity contribution is 7.90. The lowest BCUT2D eigenvalue weighted by atomic mass is 10.0. The molecule has 0 bridgehead atoms. The molecule has 100 valence electrons. The average molecular weight is 276 g/mol. The second kappa shape index (κ2) is 4.49. The molecule has 1 aliphatic rings. The first-order valence-electron chi connectivity index (χ1n) is 6.35. The summed E-state index contributed by atoms with van der Waals surface area (Å²) in [5.41, 5.74) is 1.02. The van der Waals surface area contributed by atoms with E-state index in [2.05, 4.69) is 5.10 Å². The van der Waals surface area contributed by atoms with Gasteiger partial charge in [-0.2, -0.15) is 5.10 Å². The van der Waals surface area contributed by atoms with Gasteiger partial charge in [0.15, 0.2) is 9.84 Å². The molecule has 0 spiro atoms. The molecule has 5 heteroatoms. The monoisotopic (exact) mass is 276 g/mol. The van der Waals surface area contributed by atoms with Crippen LogP contribution in [0.2, 0.25) is 0 Å². The van der Waals surface area contributed by atoms with Crippen molar-refractivity contribution < 1.29 is 8.42 Å². The van der Waals surface area contributed by atoms with Gasteiger partial charge in [0, 0.05) is 18.6 Å². The molecule has 1 saturated carbocycles. The van der Waals surface area contributed by atoms with E-state index in [1.54, 1.807) is 18.3 Å². The molecular weight excluding hydrogens is 260 g/mol. The summed E-state index contributed by atoms with van der Waals surface area (Å²) in [5, 5.41) is 4.31. The van der Waals surface area contributed by atoms with Crippen LogP contribution in [0.1, 0.15) is 24.4 Å². The Morgan fingerprint density at radius 2 is 2.11 bits per heavy atom. The zero-order valence-corrected chi connectivity index (χ0v) is 11.5. The van der Waals surface area contributed by atoms with Gasteiger partial charge in [-0.3, -0.25) is 4.68 Å². The fourth-order valence-electron chi connectivity index (χ4n) is 2.43. The molecule has 1 aliphatic carbocycles. The quantitative estimate of drug-likeness (QED) is 0.861. The first-order valence-corrected chi connectivity index (χ1v) is 8.24. The SMILES string of the molecule is CS(=O)(=O)c1cccc(C(C2CC2)n2cccn2)c1. The molecule has 2 aromatic rings. The predicted octanol–water partition coefficient (Wildman–Crippen LogP) is 2.29. The molecule has 1 atom stereocenters. The number of rotatable bonds is 4. The number of aromatic nitrogens is 2. The van der Waals surface area contributed by atoms with E-state index in [-0.39, 0.29) is 6.04 Å². The number of hydrogen-bond donors (Lipinski definition) is 0. The average Bonchev–Trinajstić information content (AvgIpc) is 3.04. The Morgan fingerprint density at radius 1 is 1.32 bits per heavy atom. The third-order valence-corrected chi connectivity index (χ3v) is 4.62. The summed E-state index contributed by atoms with van der Waals surface area (Å²) in [6.07, 6.45) is 7.29. The molecule has 4 nitrogen and oxygen atoms in total. The summed E-state index contributed by atoms with van der Waals surface area (Å²) in [4.78, 5) is 0.378. The van der Waals surface area contributed by atoms with Crippen molar-refractivity contribution in [1.82, 2.24) is 9.78 Å². The predicted molar refractivity (Wildman–Crippen MR) is 72.6 cm³/mol. The summed E-state index contributed by atoms with van der Waals surface area (Å²) in [5.74, 6) is 0.565. The molecule has 1 fully saturated rings. The minimum atomic E-state index is -3.16. The van der Waals surface area contributed by atoms with Gasteiger partial charge in [-0.15, -0.1) is 0 Å². The van der Waals surface area contributed by atoms with Gasteiger partial charge in [0.05, 0.1) is 10.9 Å². The van der Waals surface area contributed by atoms with Crippen molar-refractivity contribution in [3.05, 3.63) is 48.3 Å². The highest BCUT2D eigenvalue weighted by Gasteiger charge is 2.34. The Labute approximate surface area is 113 Å². The summed E-state index contributed by atoms with van der Waals surface area (Å²) in [6, 6.07) is 9.27. The molecule has 1 aromatic carbocycles. The van der Waals surface area contributed by atoms with Crippen LogP contribution >= 0.6 is 0 Å². The summed E-state index contributed by atoms with van der Waals surface area (Å²) < 4.78 is 25.2. The fourth-order valence-corrected chi connectivity index (χ4v) is 3.10. The topological polar surface area (TPSA) is 52.0 Å². The lowest BCUT2D eigenvalue weighted by Gasteiger charge is -2.18. The molecule has 0 radical (unpaired) electrons. The Balaban J connectivity index is 2.04. The molecular formula is C14H16N2O2S. The van der Waals surface area contributed by atoms with E-state index in [1.165, 1.54) is 19.1 Å². The van der Waals surface area contributed by atoms with E-state index in [0.717, 1.165) is 5.56 Å². The Kier molecular flexibility index (Phi) is 2.93. The fraction of sp³-hybridized carbons (Fsp3) is 0.357.